The van der Waals surface area contributed by atoms with Crippen molar-refractivity contribution < 1.29 is 0 Å². The van der Waals surface area contributed by atoms with Gasteiger partial charge in [0.05, 0.1) is 24.0 Å². The molecule has 0 aromatic carbocycles. The normalized spacial score (nSPS) is 11.4. The molecule has 4 aromatic heterocycles. The fourth-order valence-corrected chi connectivity index (χ4v) is 2.73. The van der Waals surface area contributed by atoms with E-state index >= 15 is 0 Å². The number of imidazole rings is 2. The van der Waals surface area contributed by atoms with E-state index in [0.717, 1.165) is 28.1 Å². The van der Waals surface area contributed by atoms with Gasteiger partial charge >= 0.3 is 0 Å². The summed E-state index contributed by atoms with van der Waals surface area (Å²) in [7, 11) is 0. The van der Waals surface area contributed by atoms with Crippen LogP contribution < -0.4 is 5.73 Å². The molecule has 0 aliphatic rings. The van der Waals surface area contributed by atoms with E-state index in [0.29, 0.717) is 5.65 Å². The minimum Gasteiger partial charge on any atom is -0.368 e. The van der Waals surface area contributed by atoms with Crippen LogP contribution in [0, 0.1) is 0 Å². The maximum atomic E-state index is 5.60. The van der Waals surface area contributed by atoms with Gasteiger partial charge in [-0.05, 0) is 0 Å². The number of aromatic amines is 2. The van der Waals surface area contributed by atoms with Crippen LogP contribution in [0.3, 0.4) is 0 Å². The summed E-state index contributed by atoms with van der Waals surface area (Å²) in [6, 6.07) is 0. The van der Waals surface area contributed by atoms with Crippen molar-refractivity contribution in [3.05, 3.63) is 30.4 Å². The Morgan fingerprint density at radius 2 is 1.21 bits per heavy atom. The number of H-pyrrole nitrogens is 2. The molecule has 0 fully saturated rings. The predicted octanol–water partition coefficient (Wildman–Crippen LogP) is 4.16. The standard InChI is InChI=1S/C9H13N5.C9H12N4.2CH4/c1-9(2,3)6-5-7(12-4-11-5)14-8(10)13-6;1-9(2,3)7-6-8(12-4-10-6)13-5-11-7;;/h4H,1-3H3,(H3,10,11,12,13,14);4-5H,1-3H3,(H,10,11,12,13);2*1H4. The largest absolute Gasteiger partial charge is 0.368 e. The Balaban J connectivity index is 0.000000272. The first kappa shape index (κ1) is 23.9. The molecule has 4 rings (SSSR count). The molecule has 0 radical (unpaired) electrons. The van der Waals surface area contributed by atoms with Crippen LogP contribution in [-0.4, -0.2) is 39.9 Å². The minimum atomic E-state index is -0.0676. The number of aromatic nitrogens is 8. The number of nitrogens with two attached hydrogens (primary N) is 1. The van der Waals surface area contributed by atoms with Crippen molar-refractivity contribution in [1.82, 2.24) is 39.9 Å². The molecule has 9 nitrogen and oxygen atoms in total. The molecule has 0 unspecified atom stereocenters. The van der Waals surface area contributed by atoms with Crippen LogP contribution in [0.25, 0.3) is 22.3 Å². The quantitative estimate of drug-likeness (QED) is 0.404. The minimum absolute atomic E-state index is 0. The fourth-order valence-electron chi connectivity index (χ4n) is 2.73. The van der Waals surface area contributed by atoms with Crippen LogP contribution in [0.5, 0.6) is 0 Å². The highest BCUT2D eigenvalue weighted by atomic mass is 15.1. The molecule has 0 saturated heterocycles. The van der Waals surface area contributed by atoms with Gasteiger partial charge in [0.1, 0.15) is 17.4 Å². The summed E-state index contributed by atoms with van der Waals surface area (Å²) in [5.41, 5.74) is 10.6. The number of anilines is 1. The van der Waals surface area contributed by atoms with Gasteiger partial charge in [-0.25, -0.2) is 24.9 Å². The summed E-state index contributed by atoms with van der Waals surface area (Å²) in [6.45, 7) is 12.6. The van der Waals surface area contributed by atoms with Gasteiger partial charge in [0.15, 0.2) is 11.3 Å². The number of hydrogen-bond acceptors (Lipinski definition) is 7. The smallest absolute Gasteiger partial charge is 0.222 e. The van der Waals surface area contributed by atoms with Crippen LogP contribution in [0.4, 0.5) is 5.95 Å². The second-order valence-electron chi connectivity index (χ2n) is 8.35. The van der Waals surface area contributed by atoms with E-state index in [-0.39, 0.29) is 31.6 Å². The number of hydrogen-bond donors (Lipinski definition) is 3. The lowest BCUT2D eigenvalue weighted by molar-refractivity contribution is 0.573. The molecule has 4 N–H and O–H groups in total. The zero-order valence-corrected chi connectivity index (χ0v) is 16.5. The fraction of sp³-hybridized carbons (Fsp3) is 0.500. The Hall–Kier alpha value is -3.10. The van der Waals surface area contributed by atoms with Crippen molar-refractivity contribution >= 4 is 28.3 Å². The van der Waals surface area contributed by atoms with Crippen molar-refractivity contribution in [1.29, 1.82) is 0 Å². The molecule has 4 aromatic rings. The van der Waals surface area contributed by atoms with E-state index in [1.165, 1.54) is 0 Å². The lowest BCUT2D eigenvalue weighted by Crippen LogP contribution is -2.16. The third-order valence-electron chi connectivity index (χ3n) is 3.95. The van der Waals surface area contributed by atoms with Crippen molar-refractivity contribution in [3.8, 4) is 0 Å². The Labute approximate surface area is 172 Å². The van der Waals surface area contributed by atoms with Gasteiger partial charge in [-0.15, -0.1) is 0 Å². The van der Waals surface area contributed by atoms with Gasteiger partial charge in [0.25, 0.3) is 0 Å². The first-order valence-electron chi connectivity index (χ1n) is 8.69. The van der Waals surface area contributed by atoms with Gasteiger partial charge in [0.2, 0.25) is 5.95 Å². The Morgan fingerprint density at radius 3 is 1.76 bits per heavy atom. The summed E-state index contributed by atoms with van der Waals surface area (Å²) in [6.07, 6.45) is 4.81. The van der Waals surface area contributed by atoms with Crippen LogP contribution >= 0.6 is 0 Å². The maximum Gasteiger partial charge on any atom is 0.222 e. The van der Waals surface area contributed by atoms with Crippen molar-refractivity contribution in [2.24, 2.45) is 0 Å². The zero-order chi connectivity index (χ0) is 19.8. The second kappa shape index (κ2) is 8.50. The molecule has 0 atom stereocenters. The first-order valence-corrected chi connectivity index (χ1v) is 8.69. The summed E-state index contributed by atoms with van der Waals surface area (Å²) < 4.78 is 0. The van der Waals surface area contributed by atoms with E-state index < -0.39 is 0 Å². The van der Waals surface area contributed by atoms with E-state index in [2.05, 4.69) is 81.4 Å². The maximum absolute atomic E-state index is 5.60. The Bertz CT molecular complexity index is 1060. The third-order valence-corrected chi connectivity index (χ3v) is 3.95. The molecule has 4 heterocycles. The highest BCUT2D eigenvalue weighted by Crippen LogP contribution is 2.26. The lowest BCUT2D eigenvalue weighted by Gasteiger charge is -2.17. The molecule has 158 valence electrons. The van der Waals surface area contributed by atoms with Gasteiger partial charge in [0, 0.05) is 10.8 Å². The summed E-state index contributed by atoms with van der Waals surface area (Å²) >= 11 is 0. The monoisotopic (exact) mass is 399 g/mol. The summed E-state index contributed by atoms with van der Waals surface area (Å²) in [5.74, 6) is 0.273. The molecule has 0 aliphatic carbocycles. The van der Waals surface area contributed by atoms with Gasteiger partial charge in [-0.1, -0.05) is 56.4 Å². The molecule has 0 bridgehead atoms. The molecule has 0 amide bonds. The number of rotatable bonds is 0. The van der Waals surface area contributed by atoms with Gasteiger partial charge < -0.3 is 15.7 Å². The predicted molar refractivity (Wildman–Crippen MR) is 119 cm³/mol. The zero-order valence-electron chi connectivity index (χ0n) is 16.5. The number of nitrogen functional groups attached to an aromatic ring is 1. The highest BCUT2D eigenvalue weighted by molar-refractivity contribution is 5.75. The van der Waals surface area contributed by atoms with Crippen LogP contribution in [-0.2, 0) is 10.8 Å². The van der Waals surface area contributed by atoms with Crippen molar-refractivity contribution in [2.75, 3.05) is 5.73 Å². The average molecular weight is 400 g/mol. The van der Waals surface area contributed by atoms with Gasteiger partial charge in [-0.3, -0.25) is 0 Å². The van der Waals surface area contributed by atoms with Crippen LogP contribution in [0.1, 0.15) is 67.8 Å². The van der Waals surface area contributed by atoms with Crippen LogP contribution in [0.2, 0.25) is 0 Å². The number of nitrogens with zero attached hydrogens (tertiary/aromatic N) is 6. The molecular formula is C20H33N9. The molecule has 0 saturated carbocycles. The SMILES string of the molecule is C.C.CC(C)(C)c1nc(N)nc2nc[nH]c12.CC(C)(C)c1ncnc2nc[nH]c12. The number of nitrogens with one attached hydrogen (secondary N) is 2. The number of fused-ring (bicyclic) bond motifs is 2. The Kier molecular flexibility index (Phi) is 7.02. The third kappa shape index (κ3) is 5.04. The van der Waals surface area contributed by atoms with Crippen molar-refractivity contribution in [3.63, 3.8) is 0 Å². The topological polar surface area (TPSA) is 135 Å². The second-order valence-corrected chi connectivity index (χ2v) is 8.35. The molecule has 0 spiro atoms. The average Bonchev–Trinajstić information content (AvgIpc) is 3.20. The molecule has 0 aliphatic heterocycles. The molecular weight excluding hydrogens is 366 g/mol. The van der Waals surface area contributed by atoms with E-state index in [9.17, 15) is 0 Å². The lowest BCUT2D eigenvalue weighted by atomic mass is 9.91. The molecule has 29 heavy (non-hydrogen) atoms. The first-order chi connectivity index (χ1) is 12.6. The Morgan fingerprint density at radius 1 is 0.690 bits per heavy atom. The highest BCUT2D eigenvalue weighted by Gasteiger charge is 2.21. The summed E-state index contributed by atoms with van der Waals surface area (Å²) in [5, 5.41) is 0. The van der Waals surface area contributed by atoms with E-state index in [1.807, 2.05) is 0 Å². The van der Waals surface area contributed by atoms with Gasteiger partial charge in [-0.2, -0.15) is 4.98 Å². The van der Waals surface area contributed by atoms with Crippen LogP contribution in [0.15, 0.2) is 19.0 Å². The van der Waals surface area contributed by atoms with E-state index in [4.69, 9.17) is 5.73 Å². The summed E-state index contributed by atoms with van der Waals surface area (Å²) in [4.78, 5) is 30.8. The van der Waals surface area contributed by atoms with Crippen molar-refractivity contribution in [2.45, 2.75) is 67.2 Å². The molecule has 9 heteroatoms. The van der Waals surface area contributed by atoms with E-state index in [1.54, 1.807) is 19.0 Å².